The zero-order chi connectivity index (χ0) is 24.5. The predicted octanol–water partition coefficient (Wildman–Crippen LogP) is 6.53. The fourth-order valence-electron chi connectivity index (χ4n) is 2.68. The molecule has 1 aromatic rings. The summed E-state index contributed by atoms with van der Waals surface area (Å²) in [5, 5.41) is 3.43. The van der Waals surface area contributed by atoms with Crippen molar-refractivity contribution in [3.63, 3.8) is 0 Å². The van der Waals surface area contributed by atoms with Gasteiger partial charge >= 0.3 is 5.97 Å². The van der Waals surface area contributed by atoms with E-state index in [9.17, 15) is 9.59 Å². The van der Waals surface area contributed by atoms with Gasteiger partial charge in [-0.1, -0.05) is 73.5 Å². The van der Waals surface area contributed by atoms with Crippen molar-refractivity contribution in [3.8, 4) is 5.75 Å². The van der Waals surface area contributed by atoms with E-state index in [0.717, 1.165) is 43.9 Å². The molecule has 1 aromatic carbocycles. The highest BCUT2D eigenvalue weighted by Crippen LogP contribution is 2.33. The van der Waals surface area contributed by atoms with E-state index < -0.39 is 5.97 Å². The van der Waals surface area contributed by atoms with Crippen molar-refractivity contribution in [1.29, 1.82) is 0 Å². The molecule has 176 valence electrons. The molecule has 0 bridgehead atoms. The summed E-state index contributed by atoms with van der Waals surface area (Å²) in [6.45, 7) is 10.1. The molecule has 0 saturated carbocycles. The van der Waals surface area contributed by atoms with Crippen molar-refractivity contribution in [2.24, 2.45) is 4.99 Å². The SMILES string of the molecule is C=CC(=O)NCCCCCC/N=C/C=C(\C=C/C)/C=C/c1cc(Cl)cc(Cl)c1OC(=O)C=C. The zero-order valence-electron chi connectivity index (χ0n) is 18.9. The number of aliphatic imine (C=N–C) groups is 1. The molecule has 0 spiro atoms. The molecule has 0 fully saturated rings. The van der Waals surface area contributed by atoms with Gasteiger partial charge in [0.15, 0.2) is 5.75 Å². The first-order valence-electron chi connectivity index (χ1n) is 10.7. The number of amides is 1. The Hall–Kier alpha value is -2.89. The van der Waals surface area contributed by atoms with E-state index in [-0.39, 0.29) is 16.7 Å². The van der Waals surface area contributed by atoms with Crippen LogP contribution in [0.3, 0.4) is 0 Å². The fraction of sp³-hybridized carbons (Fsp3) is 0.269. The first-order chi connectivity index (χ1) is 15.9. The lowest BCUT2D eigenvalue weighted by molar-refractivity contribution is -0.129. The molecule has 0 heterocycles. The molecule has 0 aromatic heterocycles. The Balaban J connectivity index is 2.67. The number of unbranched alkanes of at least 4 members (excludes halogenated alkanes) is 3. The van der Waals surface area contributed by atoms with Crippen LogP contribution in [0.25, 0.3) is 6.08 Å². The standard InChI is InChI=1S/C26H30Cl2N2O3/c1-4-11-20(14-17-29-15-9-7-8-10-16-30-24(31)5-2)12-13-21-18-22(27)19-23(28)26(21)33-25(32)6-3/h4-6,11-14,17-19H,2-3,7-10,15-16H2,1H3,(H,30,31)/b11-4-,13-12+,20-14+,29-17+. The first kappa shape index (κ1) is 28.1. The Morgan fingerprint density at radius 2 is 1.85 bits per heavy atom. The summed E-state index contributed by atoms with van der Waals surface area (Å²) in [6, 6.07) is 3.18. The number of allylic oxidation sites excluding steroid dienone is 5. The molecular weight excluding hydrogens is 459 g/mol. The summed E-state index contributed by atoms with van der Waals surface area (Å²) < 4.78 is 5.26. The average molecular weight is 489 g/mol. The summed E-state index contributed by atoms with van der Waals surface area (Å²) >= 11 is 12.3. The van der Waals surface area contributed by atoms with Gasteiger partial charge < -0.3 is 10.1 Å². The maximum atomic E-state index is 11.6. The highest BCUT2D eigenvalue weighted by atomic mass is 35.5. The molecule has 0 saturated heterocycles. The Morgan fingerprint density at radius 1 is 1.09 bits per heavy atom. The minimum Gasteiger partial charge on any atom is -0.421 e. The molecule has 5 nitrogen and oxygen atoms in total. The van der Waals surface area contributed by atoms with Crippen LogP contribution in [0, 0.1) is 0 Å². The van der Waals surface area contributed by atoms with Gasteiger partial charge in [-0.05, 0) is 49.6 Å². The molecule has 1 amide bonds. The molecule has 0 radical (unpaired) electrons. The van der Waals surface area contributed by atoms with Gasteiger partial charge in [0.05, 0.1) is 5.02 Å². The molecule has 0 aliphatic rings. The highest BCUT2D eigenvalue weighted by Gasteiger charge is 2.11. The first-order valence-corrected chi connectivity index (χ1v) is 11.4. The van der Waals surface area contributed by atoms with Crippen molar-refractivity contribution >= 4 is 47.4 Å². The number of nitrogens with one attached hydrogen (secondary N) is 1. The van der Waals surface area contributed by atoms with Crippen molar-refractivity contribution < 1.29 is 14.3 Å². The van der Waals surface area contributed by atoms with Crippen LogP contribution in [0.2, 0.25) is 10.0 Å². The smallest absolute Gasteiger partial charge is 0.335 e. The summed E-state index contributed by atoms with van der Waals surface area (Å²) in [4.78, 5) is 27.1. The van der Waals surface area contributed by atoms with Crippen LogP contribution in [0.15, 0.2) is 72.3 Å². The van der Waals surface area contributed by atoms with Crippen LogP contribution in [0.5, 0.6) is 5.75 Å². The highest BCUT2D eigenvalue weighted by molar-refractivity contribution is 6.36. The van der Waals surface area contributed by atoms with Gasteiger partial charge in [0, 0.05) is 36.0 Å². The minimum absolute atomic E-state index is 0.134. The van der Waals surface area contributed by atoms with Gasteiger partial charge in [-0.25, -0.2) is 4.79 Å². The van der Waals surface area contributed by atoms with Crippen LogP contribution in [-0.4, -0.2) is 31.2 Å². The number of hydrogen-bond acceptors (Lipinski definition) is 4. The molecule has 0 aliphatic carbocycles. The molecule has 33 heavy (non-hydrogen) atoms. The number of ether oxygens (including phenoxy) is 1. The van der Waals surface area contributed by atoms with E-state index in [1.165, 1.54) is 12.1 Å². The molecule has 7 heteroatoms. The minimum atomic E-state index is -0.605. The van der Waals surface area contributed by atoms with Gasteiger partial charge in [0.2, 0.25) is 5.91 Å². The molecular formula is C26H30Cl2N2O3. The number of hydrogen-bond donors (Lipinski definition) is 1. The maximum Gasteiger partial charge on any atom is 0.335 e. The van der Waals surface area contributed by atoms with Crippen molar-refractivity contribution in [2.75, 3.05) is 13.1 Å². The third-order valence-corrected chi connectivity index (χ3v) is 4.79. The number of benzene rings is 1. The lowest BCUT2D eigenvalue weighted by Crippen LogP contribution is -2.21. The second-order valence-electron chi connectivity index (χ2n) is 6.90. The van der Waals surface area contributed by atoms with Gasteiger partial charge in [0.1, 0.15) is 0 Å². The zero-order valence-corrected chi connectivity index (χ0v) is 20.4. The largest absolute Gasteiger partial charge is 0.421 e. The molecule has 0 atom stereocenters. The number of nitrogens with zero attached hydrogens (tertiary/aromatic N) is 1. The van der Waals surface area contributed by atoms with Crippen molar-refractivity contribution in [1.82, 2.24) is 5.32 Å². The number of rotatable bonds is 14. The lowest BCUT2D eigenvalue weighted by atomic mass is 10.1. The third kappa shape index (κ3) is 12.1. The number of esters is 1. The van der Waals surface area contributed by atoms with Gasteiger partial charge in [0.25, 0.3) is 0 Å². The van der Waals surface area contributed by atoms with E-state index in [1.54, 1.807) is 18.4 Å². The van der Waals surface area contributed by atoms with E-state index in [2.05, 4.69) is 23.5 Å². The third-order valence-electron chi connectivity index (χ3n) is 4.29. The molecule has 0 unspecified atom stereocenters. The Labute approximate surface area is 206 Å². The van der Waals surface area contributed by atoms with Crippen LogP contribution in [0.1, 0.15) is 38.2 Å². The van der Waals surface area contributed by atoms with Crippen LogP contribution in [0.4, 0.5) is 0 Å². The molecule has 1 N–H and O–H groups in total. The number of halogens is 2. The van der Waals surface area contributed by atoms with Crippen LogP contribution >= 0.6 is 23.2 Å². The van der Waals surface area contributed by atoms with E-state index in [0.29, 0.717) is 17.1 Å². The van der Waals surface area contributed by atoms with Gasteiger partial charge in [-0.15, -0.1) is 0 Å². The predicted molar refractivity (Wildman–Crippen MR) is 139 cm³/mol. The quantitative estimate of drug-likeness (QED) is 0.0807. The van der Waals surface area contributed by atoms with Gasteiger partial charge in [-0.2, -0.15) is 0 Å². The second-order valence-corrected chi connectivity index (χ2v) is 7.74. The normalized spacial score (nSPS) is 11.9. The number of carbonyl (C=O) groups is 2. The lowest BCUT2D eigenvalue weighted by Gasteiger charge is -2.09. The van der Waals surface area contributed by atoms with E-state index >= 15 is 0 Å². The summed E-state index contributed by atoms with van der Waals surface area (Å²) in [6.07, 6.45) is 17.5. The van der Waals surface area contributed by atoms with Crippen molar-refractivity contribution in [3.05, 3.63) is 82.9 Å². The monoisotopic (exact) mass is 488 g/mol. The van der Waals surface area contributed by atoms with Crippen LogP contribution in [-0.2, 0) is 9.59 Å². The fourth-order valence-corrected chi connectivity index (χ4v) is 3.23. The second kappa shape index (κ2) is 16.7. The summed E-state index contributed by atoms with van der Waals surface area (Å²) in [7, 11) is 0. The molecule has 1 rings (SSSR count). The van der Waals surface area contributed by atoms with Gasteiger partial charge in [-0.3, -0.25) is 9.79 Å². The van der Waals surface area contributed by atoms with Crippen LogP contribution < -0.4 is 10.1 Å². The average Bonchev–Trinajstić information content (AvgIpc) is 2.79. The topological polar surface area (TPSA) is 67.8 Å². The Morgan fingerprint density at radius 3 is 2.55 bits per heavy atom. The van der Waals surface area contributed by atoms with Crippen molar-refractivity contribution in [2.45, 2.75) is 32.6 Å². The Kier molecular flexibility index (Phi) is 14.2. The summed E-state index contributed by atoms with van der Waals surface area (Å²) in [5.74, 6) is -0.517. The maximum absolute atomic E-state index is 11.6. The Bertz CT molecular complexity index is 947. The number of carbonyl (C=O) groups excluding carboxylic acids is 2. The van der Waals surface area contributed by atoms with E-state index in [1.807, 2.05) is 31.2 Å². The molecule has 0 aliphatic heterocycles. The van der Waals surface area contributed by atoms with E-state index in [4.69, 9.17) is 27.9 Å². The summed E-state index contributed by atoms with van der Waals surface area (Å²) in [5.41, 5.74) is 1.47.